The van der Waals surface area contributed by atoms with Gasteiger partial charge in [-0.2, -0.15) is 0 Å². The Labute approximate surface area is 165 Å². The summed E-state index contributed by atoms with van der Waals surface area (Å²) in [5, 5.41) is 14.1. The molecule has 8 heteroatoms. The summed E-state index contributed by atoms with van der Waals surface area (Å²) in [6.45, 7) is 0.328. The first kappa shape index (κ1) is 18.7. The average Bonchev–Trinajstić information content (AvgIpc) is 3.13. The molecule has 2 heterocycles. The molecule has 144 valence electrons. The number of fused-ring (bicyclic) bond motifs is 3. The molecule has 0 saturated heterocycles. The van der Waals surface area contributed by atoms with Gasteiger partial charge in [0, 0.05) is 28.4 Å². The van der Waals surface area contributed by atoms with Crippen molar-refractivity contribution in [1.29, 1.82) is 0 Å². The molecule has 2 aromatic carbocycles. The second kappa shape index (κ2) is 7.05. The minimum absolute atomic E-state index is 0.136. The van der Waals surface area contributed by atoms with Gasteiger partial charge >= 0.3 is 0 Å². The molecule has 0 aliphatic rings. The lowest BCUT2D eigenvalue weighted by atomic mass is 9.96. The van der Waals surface area contributed by atoms with E-state index in [1.807, 2.05) is 35.7 Å². The summed E-state index contributed by atoms with van der Waals surface area (Å²) in [5.74, 6) is 0.138. The smallest absolute Gasteiger partial charge is 0.266 e. The number of aromatic hydroxyl groups is 1. The predicted molar refractivity (Wildman–Crippen MR) is 114 cm³/mol. The van der Waals surface area contributed by atoms with Crippen LogP contribution >= 0.6 is 11.3 Å². The molecule has 0 atom stereocenters. The quantitative estimate of drug-likeness (QED) is 0.467. The average molecular weight is 415 g/mol. The van der Waals surface area contributed by atoms with Crippen molar-refractivity contribution in [3.63, 3.8) is 0 Å². The molecule has 0 radical (unpaired) electrons. The number of thiophene rings is 1. The minimum atomic E-state index is -3.21. The maximum atomic E-state index is 12.2. The zero-order chi connectivity index (χ0) is 19.9. The Morgan fingerprint density at radius 1 is 1.11 bits per heavy atom. The van der Waals surface area contributed by atoms with Crippen LogP contribution in [0.15, 0.2) is 52.6 Å². The minimum Gasteiger partial charge on any atom is -0.507 e. The first-order valence-corrected chi connectivity index (χ1v) is 11.4. The summed E-state index contributed by atoms with van der Waals surface area (Å²) in [7, 11) is -3.21. The van der Waals surface area contributed by atoms with E-state index in [4.69, 9.17) is 0 Å². The van der Waals surface area contributed by atoms with Crippen LogP contribution in [0.4, 0.5) is 0 Å². The van der Waals surface area contributed by atoms with Crippen molar-refractivity contribution in [2.24, 2.45) is 0 Å². The molecule has 0 aliphatic carbocycles. The summed E-state index contributed by atoms with van der Waals surface area (Å²) in [6, 6.07) is 12.8. The number of nitrogens with one attached hydrogen (secondary N) is 2. The fourth-order valence-electron chi connectivity index (χ4n) is 3.35. The second-order valence-corrected chi connectivity index (χ2v) is 9.36. The summed E-state index contributed by atoms with van der Waals surface area (Å²) in [6.07, 6.45) is 1.70. The van der Waals surface area contributed by atoms with Crippen LogP contribution in [0.5, 0.6) is 5.75 Å². The zero-order valence-corrected chi connectivity index (χ0v) is 16.7. The lowest BCUT2D eigenvalue weighted by Crippen LogP contribution is -2.24. The molecule has 0 amide bonds. The molecule has 4 rings (SSSR count). The van der Waals surface area contributed by atoms with Gasteiger partial charge in [-0.3, -0.25) is 4.79 Å². The maximum absolute atomic E-state index is 12.2. The Bertz CT molecular complexity index is 1340. The summed E-state index contributed by atoms with van der Waals surface area (Å²) in [4.78, 5) is 15.1. The number of aromatic amines is 1. The van der Waals surface area contributed by atoms with Gasteiger partial charge in [0.2, 0.25) is 10.0 Å². The Kier molecular flexibility index (Phi) is 4.70. The van der Waals surface area contributed by atoms with Crippen LogP contribution in [0.1, 0.15) is 5.56 Å². The van der Waals surface area contributed by atoms with Crippen molar-refractivity contribution in [3.8, 4) is 16.9 Å². The molecule has 0 fully saturated rings. The molecule has 0 unspecified atom stereocenters. The summed E-state index contributed by atoms with van der Waals surface area (Å²) < 4.78 is 25.4. The number of hydrogen-bond donors (Lipinski definition) is 3. The highest BCUT2D eigenvalue weighted by molar-refractivity contribution is 7.88. The largest absolute Gasteiger partial charge is 0.507 e. The van der Waals surface area contributed by atoms with Crippen molar-refractivity contribution < 1.29 is 13.5 Å². The standard InChI is InChI=1S/C20H18N2O4S2/c1-28(25,26)21-10-8-12-2-4-13(5-3-12)17-16(23)7-6-15-18(17)14-9-11-27-19(14)20(24)22-15/h2-7,9,11,21,23H,8,10H2,1H3,(H,22,24). The van der Waals surface area contributed by atoms with Crippen LogP contribution in [0.2, 0.25) is 0 Å². The van der Waals surface area contributed by atoms with E-state index in [1.54, 1.807) is 12.1 Å². The van der Waals surface area contributed by atoms with Crippen LogP contribution in [0.3, 0.4) is 0 Å². The molecule has 0 saturated carbocycles. The van der Waals surface area contributed by atoms with Crippen LogP contribution in [0, 0.1) is 0 Å². The van der Waals surface area contributed by atoms with E-state index in [0.717, 1.165) is 28.2 Å². The van der Waals surface area contributed by atoms with E-state index < -0.39 is 10.0 Å². The van der Waals surface area contributed by atoms with E-state index in [1.165, 1.54) is 11.3 Å². The lowest BCUT2D eigenvalue weighted by molar-refractivity contribution is 0.478. The number of pyridine rings is 1. The molecule has 0 bridgehead atoms. The van der Waals surface area contributed by atoms with Gasteiger partial charge in [-0.1, -0.05) is 24.3 Å². The van der Waals surface area contributed by atoms with Crippen molar-refractivity contribution >= 4 is 42.3 Å². The Morgan fingerprint density at radius 3 is 2.57 bits per heavy atom. The van der Waals surface area contributed by atoms with Gasteiger partial charge in [-0.25, -0.2) is 13.1 Å². The number of H-pyrrole nitrogens is 1. The highest BCUT2D eigenvalue weighted by Gasteiger charge is 2.15. The molecule has 6 nitrogen and oxygen atoms in total. The first-order chi connectivity index (χ1) is 13.3. The predicted octanol–water partition coefficient (Wildman–Crippen LogP) is 3.21. The maximum Gasteiger partial charge on any atom is 0.266 e. The molecule has 4 aromatic rings. The number of phenols is 1. The van der Waals surface area contributed by atoms with E-state index >= 15 is 0 Å². The first-order valence-electron chi connectivity index (χ1n) is 8.62. The summed E-state index contributed by atoms with van der Waals surface area (Å²) in [5.41, 5.74) is 3.00. The van der Waals surface area contributed by atoms with Gasteiger partial charge in [0.15, 0.2) is 0 Å². The number of hydrogen-bond acceptors (Lipinski definition) is 5. The molecule has 3 N–H and O–H groups in total. The summed E-state index contributed by atoms with van der Waals surface area (Å²) >= 11 is 1.37. The molecule has 2 aromatic heterocycles. The van der Waals surface area contributed by atoms with Gasteiger partial charge in [0.25, 0.3) is 5.56 Å². The van der Waals surface area contributed by atoms with Crippen molar-refractivity contribution in [1.82, 2.24) is 9.71 Å². The van der Waals surface area contributed by atoms with Gasteiger partial charge in [0.05, 0.1) is 6.26 Å². The van der Waals surface area contributed by atoms with Crippen molar-refractivity contribution in [2.45, 2.75) is 6.42 Å². The Morgan fingerprint density at radius 2 is 1.86 bits per heavy atom. The van der Waals surface area contributed by atoms with Crippen molar-refractivity contribution in [3.05, 3.63) is 63.8 Å². The number of sulfonamides is 1. The zero-order valence-electron chi connectivity index (χ0n) is 15.0. The van der Waals surface area contributed by atoms with Gasteiger partial charge < -0.3 is 10.1 Å². The molecular weight excluding hydrogens is 396 g/mol. The number of rotatable bonds is 5. The van der Waals surface area contributed by atoms with Crippen molar-refractivity contribution in [2.75, 3.05) is 12.8 Å². The fourth-order valence-corrected chi connectivity index (χ4v) is 4.62. The monoisotopic (exact) mass is 414 g/mol. The molecular formula is C20H18N2O4S2. The van der Waals surface area contributed by atoms with E-state index in [9.17, 15) is 18.3 Å². The molecule has 0 aliphatic heterocycles. The third-order valence-corrected chi connectivity index (χ3v) is 6.23. The third kappa shape index (κ3) is 3.54. The third-order valence-electron chi connectivity index (χ3n) is 4.59. The Balaban J connectivity index is 1.78. The van der Waals surface area contributed by atoms with Gasteiger partial charge in [-0.15, -0.1) is 11.3 Å². The van der Waals surface area contributed by atoms with Gasteiger partial charge in [-0.05, 0) is 41.1 Å². The van der Waals surface area contributed by atoms with Crippen LogP contribution in [0.25, 0.3) is 32.1 Å². The van der Waals surface area contributed by atoms with Gasteiger partial charge in [0.1, 0.15) is 10.4 Å². The second-order valence-electron chi connectivity index (χ2n) is 6.61. The van der Waals surface area contributed by atoms with E-state index in [0.29, 0.717) is 28.7 Å². The molecule has 28 heavy (non-hydrogen) atoms. The SMILES string of the molecule is CS(=O)(=O)NCCc1ccc(-c2c(O)ccc3[nH]c(=O)c4sccc4c23)cc1. The highest BCUT2D eigenvalue weighted by Crippen LogP contribution is 2.39. The van der Waals surface area contributed by atoms with Crippen LogP contribution < -0.4 is 10.3 Å². The number of phenolic OH excluding ortho intramolecular Hbond substituents is 1. The van der Waals surface area contributed by atoms with E-state index in [2.05, 4.69) is 9.71 Å². The molecule has 0 spiro atoms. The fraction of sp³-hybridized carbons (Fsp3) is 0.150. The van der Waals surface area contributed by atoms with Crippen LogP contribution in [-0.4, -0.2) is 31.3 Å². The highest BCUT2D eigenvalue weighted by atomic mass is 32.2. The van der Waals surface area contributed by atoms with Crippen LogP contribution in [-0.2, 0) is 16.4 Å². The Hall–Kier alpha value is -2.68. The normalized spacial score (nSPS) is 12.0. The number of benzene rings is 2. The lowest BCUT2D eigenvalue weighted by Gasteiger charge is -2.11. The topological polar surface area (TPSA) is 99.3 Å². The number of aromatic nitrogens is 1. The van der Waals surface area contributed by atoms with E-state index in [-0.39, 0.29) is 11.3 Å².